The van der Waals surface area contributed by atoms with E-state index in [0.717, 1.165) is 5.75 Å². The van der Waals surface area contributed by atoms with Crippen LogP contribution in [0.4, 0.5) is 11.5 Å². The van der Waals surface area contributed by atoms with Crippen molar-refractivity contribution in [2.45, 2.75) is 12.1 Å². The number of benzene rings is 2. The van der Waals surface area contributed by atoms with Crippen molar-refractivity contribution >= 4 is 35.1 Å². The second kappa shape index (κ2) is 9.96. The zero-order valence-corrected chi connectivity index (χ0v) is 18.5. The molecule has 0 atom stereocenters. The molecule has 12 heteroatoms. The molecule has 0 spiro atoms. The Morgan fingerprint density at radius 1 is 1.00 bits per heavy atom. The van der Waals surface area contributed by atoms with Crippen LogP contribution in [0.15, 0.2) is 64.4 Å². The van der Waals surface area contributed by atoms with Crippen molar-refractivity contribution < 1.29 is 19.0 Å². The quantitative estimate of drug-likeness (QED) is 0.375. The standard InChI is InChI=1S/C21H19N7O4S/c1-13(29)22-19-18(26-32-27-19)20-24-25-21(28(20)2)33-12-17(30)23-14-8-10-16(11-9-14)31-15-6-4-3-5-7-15/h3-11H,12H2,1-2H3,(H,23,30)(H,22,27,29). The Balaban J connectivity index is 1.33. The maximum absolute atomic E-state index is 12.4. The Morgan fingerprint density at radius 3 is 2.45 bits per heavy atom. The van der Waals surface area contributed by atoms with Gasteiger partial charge in [-0.05, 0) is 46.7 Å². The number of nitrogens with zero attached hydrogens (tertiary/aromatic N) is 5. The summed E-state index contributed by atoms with van der Waals surface area (Å²) < 4.78 is 12.1. The maximum Gasteiger partial charge on any atom is 0.234 e. The van der Waals surface area contributed by atoms with Gasteiger partial charge in [-0.2, -0.15) is 0 Å². The smallest absolute Gasteiger partial charge is 0.234 e. The number of para-hydroxylation sites is 1. The summed E-state index contributed by atoms with van der Waals surface area (Å²) in [6.07, 6.45) is 0. The topological polar surface area (TPSA) is 137 Å². The molecule has 0 aliphatic carbocycles. The summed E-state index contributed by atoms with van der Waals surface area (Å²) in [4.78, 5) is 23.7. The number of hydrogen-bond donors (Lipinski definition) is 2. The van der Waals surface area contributed by atoms with E-state index in [-0.39, 0.29) is 29.1 Å². The first-order chi connectivity index (χ1) is 16.0. The molecule has 0 unspecified atom stereocenters. The summed E-state index contributed by atoms with van der Waals surface area (Å²) in [7, 11) is 1.72. The molecule has 0 aliphatic rings. The molecule has 2 aromatic heterocycles. The molecule has 4 rings (SSSR count). The van der Waals surface area contributed by atoms with E-state index in [9.17, 15) is 9.59 Å². The van der Waals surface area contributed by atoms with Crippen LogP contribution in [-0.4, -0.2) is 42.6 Å². The van der Waals surface area contributed by atoms with E-state index in [1.807, 2.05) is 30.3 Å². The van der Waals surface area contributed by atoms with Gasteiger partial charge in [0.2, 0.25) is 17.6 Å². The van der Waals surface area contributed by atoms with Gasteiger partial charge in [-0.25, -0.2) is 4.63 Å². The Hall–Kier alpha value is -4.19. The minimum Gasteiger partial charge on any atom is -0.457 e. The van der Waals surface area contributed by atoms with Crippen LogP contribution in [0, 0.1) is 0 Å². The molecule has 33 heavy (non-hydrogen) atoms. The number of thioether (sulfide) groups is 1. The summed E-state index contributed by atoms with van der Waals surface area (Å²) in [6, 6.07) is 16.5. The molecule has 2 heterocycles. The van der Waals surface area contributed by atoms with Crippen molar-refractivity contribution in [1.82, 2.24) is 25.1 Å². The predicted octanol–water partition coefficient (Wildman–Crippen LogP) is 3.35. The van der Waals surface area contributed by atoms with E-state index in [4.69, 9.17) is 9.37 Å². The number of amides is 2. The van der Waals surface area contributed by atoms with Crippen LogP contribution >= 0.6 is 11.8 Å². The Morgan fingerprint density at radius 2 is 1.73 bits per heavy atom. The number of aromatic nitrogens is 5. The van der Waals surface area contributed by atoms with Crippen LogP contribution < -0.4 is 15.4 Å². The number of nitrogens with one attached hydrogen (secondary N) is 2. The zero-order chi connectivity index (χ0) is 23.2. The number of anilines is 2. The minimum atomic E-state index is -0.319. The molecule has 0 bridgehead atoms. The predicted molar refractivity (Wildman–Crippen MR) is 121 cm³/mol. The van der Waals surface area contributed by atoms with Crippen molar-refractivity contribution in [3.8, 4) is 23.0 Å². The van der Waals surface area contributed by atoms with Gasteiger partial charge in [0, 0.05) is 19.7 Å². The Kier molecular flexibility index (Phi) is 6.64. The first kappa shape index (κ1) is 22.0. The fourth-order valence-electron chi connectivity index (χ4n) is 2.79. The van der Waals surface area contributed by atoms with Gasteiger partial charge in [0.25, 0.3) is 0 Å². The number of carbonyl (C=O) groups is 2. The second-order valence-electron chi connectivity index (χ2n) is 6.78. The van der Waals surface area contributed by atoms with Crippen molar-refractivity contribution in [2.75, 3.05) is 16.4 Å². The van der Waals surface area contributed by atoms with E-state index < -0.39 is 0 Å². The highest BCUT2D eigenvalue weighted by molar-refractivity contribution is 7.99. The number of ether oxygens (including phenoxy) is 1. The van der Waals surface area contributed by atoms with E-state index in [1.54, 1.807) is 35.9 Å². The highest BCUT2D eigenvalue weighted by Gasteiger charge is 2.21. The fraction of sp³-hybridized carbons (Fsp3) is 0.143. The average molecular weight is 465 g/mol. The van der Waals surface area contributed by atoms with Crippen LogP contribution in [0.1, 0.15) is 6.92 Å². The largest absolute Gasteiger partial charge is 0.457 e. The van der Waals surface area contributed by atoms with E-state index >= 15 is 0 Å². The van der Waals surface area contributed by atoms with Gasteiger partial charge in [0.05, 0.1) is 5.75 Å². The highest BCUT2D eigenvalue weighted by atomic mass is 32.2. The van der Waals surface area contributed by atoms with Crippen LogP contribution in [-0.2, 0) is 16.6 Å². The molecular formula is C21H19N7O4S. The minimum absolute atomic E-state index is 0.115. The lowest BCUT2D eigenvalue weighted by Crippen LogP contribution is -2.14. The lowest BCUT2D eigenvalue weighted by atomic mass is 10.3. The maximum atomic E-state index is 12.4. The third-order valence-corrected chi connectivity index (χ3v) is 5.30. The zero-order valence-electron chi connectivity index (χ0n) is 17.7. The van der Waals surface area contributed by atoms with E-state index in [1.165, 1.54) is 18.7 Å². The summed E-state index contributed by atoms with van der Waals surface area (Å²) >= 11 is 1.20. The van der Waals surface area contributed by atoms with Gasteiger partial charge < -0.3 is 19.9 Å². The van der Waals surface area contributed by atoms with Crippen LogP contribution in [0.25, 0.3) is 11.5 Å². The Labute approximate surface area is 192 Å². The van der Waals surface area contributed by atoms with Gasteiger partial charge in [0.15, 0.2) is 16.7 Å². The van der Waals surface area contributed by atoms with Crippen molar-refractivity contribution in [3.63, 3.8) is 0 Å². The van der Waals surface area contributed by atoms with Gasteiger partial charge in [-0.1, -0.05) is 30.0 Å². The number of hydrogen-bond acceptors (Lipinski definition) is 9. The van der Waals surface area contributed by atoms with Crippen LogP contribution in [0.2, 0.25) is 0 Å². The Bertz CT molecular complexity index is 1260. The van der Waals surface area contributed by atoms with E-state index in [2.05, 4.69) is 31.1 Å². The van der Waals surface area contributed by atoms with Crippen molar-refractivity contribution in [3.05, 3.63) is 54.6 Å². The normalized spacial score (nSPS) is 10.6. The van der Waals surface area contributed by atoms with Gasteiger partial charge in [0.1, 0.15) is 11.5 Å². The summed E-state index contributed by atoms with van der Waals surface area (Å²) in [5, 5.41) is 21.4. The monoisotopic (exact) mass is 465 g/mol. The lowest BCUT2D eigenvalue weighted by Gasteiger charge is -2.08. The second-order valence-corrected chi connectivity index (χ2v) is 7.73. The molecule has 0 radical (unpaired) electrons. The molecule has 168 valence electrons. The number of rotatable bonds is 8. The molecule has 0 saturated carbocycles. The third kappa shape index (κ3) is 5.54. The van der Waals surface area contributed by atoms with E-state index in [0.29, 0.717) is 22.4 Å². The lowest BCUT2D eigenvalue weighted by molar-refractivity contribution is -0.114. The summed E-state index contributed by atoms with van der Waals surface area (Å²) in [6.45, 7) is 1.35. The van der Waals surface area contributed by atoms with Crippen molar-refractivity contribution in [2.24, 2.45) is 7.05 Å². The molecule has 2 aromatic carbocycles. The molecule has 0 saturated heterocycles. The third-order valence-electron chi connectivity index (χ3n) is 4.28. The molecule has 0 aliphatic heterocycles. The van der Waals surface area contributed by atoms with Crippen LogP contribution in [0.3, 0.4) is 0 Å². The molecule has 0 fully saturated rings. The molecular weight excluding hydrogens is 446 g/mol. The highest BCUT2D eigenvalue weighted by Crippen LogP contribution is 2.26. The fourth-order valence-corrected chi connectivity index (χ4v) is 3.50. The molecule has 4 aromatic rings. The first-order valence-corrected chi connectivity index (χ1v) is 10.7. The molecule has 2 N–H and O–H groups in total. The summed E-state index contributed by atoms with van der Waals surface area (Å²) in [5.41, 5.74) is 0.891. The average Bonchev–Trinajstić information content (AvgIpc) is 3.39. The van der Waals surface area contributed by atoms with Crippen molar-refractivity contribution in [1.29, 1.82) is 0 Å². The van der Waals surface area contributed by atoms with Gasteiger partial charge >= 0.3 is 0 Å². The van der Waals surface area contributed by atoms with Crippen LogP contribution in [0.5, 0.6) is 11.5 Å². The SMILES string of the molecule is CC(=O)Nc1nonc1-c1nnc(SCC(=O)Nc2ccc(Oc3ccccc3)cc2)n1C. The molecule has 2 amide bonds. The van der Waals surface area contributed by atoms with Gasteiger partial charge in [-0.3, -0.25) is 9.59 Å². The molecule has 11 nitrogen and oxygen atoms in total. The van der Waals surface area contributed by atoms with Gasteiger partial charge in [-0.15, -0.1) is 10.2 Å². The number of carbonyl (C=O) groups excluding carboxylic acids is 2. The summed E-state index contributed by atoms with van der Waals surface area (Å²) in [5.74, 6) is 1.48. The first-order valence-electron chi connectivity index (χ1n) is 9.75.